The number of carbonyl (C=O) groups is 2. The van der Waals surface area contributed by atoms with E-state index >= 15 is 0 Å². The maximum Gasteiger partial charge on any atom is 0.416 e. The first kappa shape index (κ1) is 36.3. The van der Waals surface area contributed by atoms with Crippen LogP contribution in [0.5, 0.6) is 0 Å². The van der Waals surface area contributed by atoms with Gasteiger partial charge in [0.05, 0.1) is 29.9 Å². The Hall–Kier alpha value is -4.52. The number of halogens is 6. The van der Waals surface area contributed by atoms with Gasteiger partial charge in [-0.2, -0.15) is 26.3 Å². The molecule has 2 amide bonds. The summed E-state index contributed by atoms with van der Waals surface area (Å²) in [5, 5.41) is 2.70. The van der Waals surface area contributed by atoms with Crippen molar-refractivity contribution in [2.45, 2.75) is 69.9 Å². The first-order chi connectivity index (χ1) is 22.4. The minimum atomic E-state index is -5.04. The highest BCUT2D eigenvalue weighted by atomic mass is 19.4. The van der Waals surface area contributed by atoms with Crippen LogP contribution in [0.25, 0.3) is 0 Å². The van der Waals surface area contributed by atoms with Crippen molar-refractivity contribution in [3.63, 3.8) is 0 Å². The van der Waals surface area contributed by atoms with E-state index in [4.69, 9.17) is 14.2 Å². The van der Waals surface area contributed by atoms with Crippen molar-refractivity contribution in [3.8, 4) is 0 Å². The summed E-state index contributed by atoms with van der Waals surface area (Å²) >= 11 is 0. The molecular weight excluding hydrogens is 642 g/mol. The predicted octanol–water partition coefficient (Wildman–Crippen LogP) is 8.80. The molecule has 3 aromatic rings. The summed E-state index contributed by atoms with van der Waals surface area (Å²) in [5.41, 5.74) is -4.35. The average Bonchev–Trinajstić information content (AvgIpc) is 3.02. The van der Waals surface area contributed by atoms with E-state index in [9.17, 15) is 35.9 Å². The predicted molar refractivity (Wildman–Crippen MR) is 165 cm³/mol. The smallest absolute Gasteiger partial charge is 0.416 e. The highest BCUT2D eigenvalue weighted by Crippen LogP contribution is 2.40. The van der Waals surface area contributed by atoms with Crippen LogP contribution >= 0.6 is 0 Å². The van der Waals surface area contributed by atoms with Crippen molar-refractivity contribution in [1.29, 1.82) is 0 Å². The Morgan fingerprint density at radius 3 is 2.00 bits per heavy atom. The summed E-state index contributed by atoms with van der Waals surface area (Å²) in [5.74, 6) is 0. The molecule has 1 heterocycles. The fourth-order valence-corrected chi connectivity index (χ4v) is 5.12. The van der Waals surface area contributed by atoms with Gasteiger partial charge in [-0.25, -0.2) is 9.59 Å². The van der Waals surface area contributed by atoms with Gasteiger partial charge in [0.2, 0.25) is 0 Å². The second kappa shape index (κ2) is 14.3. The number of nitrogens with one attached hydrogen (secondary N) is 1. The molecule has 0 aromatic heterocycles. The molecule has 4 rings (SSSR count). The molecular formula is C35H36F6N2O5. The number of nitrogens with zero attached hydrogens (tertiary/aromatic N) is 1. The maximum absolute atomic E-state index is 13.9. The standard InChI is InChI=1S/C35H36F6N2O5/c1-23(25-17-27(34(36,37)38)19-28(18-25)35(39,40)41)47-22-33(26-13-9-6-10-14-26)16-15-29(42-30(44)48-32(2,3)4)20-43(33)31(45)46-21-24-11-7-5-8-12-24/h5-19,23,29H,20-22H2,1-4H3,(H,42,44)/t23-,29?,33?/m1/s1. The summed E-state index contributed by atoms with van der Waals surface area (Å²) in [4.78, 5) is 27.8. The fourth-order valence-electron chi connectivity index (χ4n) is 5.12. The number of rotatable bonds is 8. The van der Waals surface area contributed by atoms with E-state index in [-0.39, 0.29) is 24.8 Å². The molecule has 1 aliphatic rings. The number of carbonyl (C=O) groups excluding carboxylic acids is 2. The zero-order valence-corrected chi connectivity index (χ0v) is 26.7. The third-order valence-corrected chi connectivity index (χ3v) is 7.50. The molecule has 0 spiro atoms. The number of amides is 2. The van der Waals surface area contributed by atoms with Crippen molar-refractivity contribution < 1.29 is 50.1 Å². The minimum Gasteiger partial charge on any atom is -0.445 e. The Labute approximate surface area is 274 Å². The number of benzene rings is 3. The lowest BCUT2D eigenvalue weighted by Gasteiger charge is -2.46. The second-order valence-corrected chi connectivity index (χ2v) is 12.3. The highest BCUT2D eigenvalue weighted by molar-refractivity contribution is 5.72. The van der Waals surface area contributed by atoms with Gasteiger partial charge in [-0.3, -0.25) is 4.90 Å². The van der Waals surface area contributed by atoms with Crippen molar-refractivity contribution in [2.24, 2.45) is 0 Å². The van der Waals surface area contributed by atoms with E-state index in [0.29, 0.717) is 23.3 Å². The zero-order valence-electron chi connectivity index (χ0n) is 26.7. The first-order valence-corrected chi connectivity index (χ1v) is 15.0. The van der Waals surface area contributed by atoms with Crippen LogP contribution in [-0.4, -0.2) is 41.9 Å². The van der Waals surface area contributed by atoms with E-state index in [1.54, 1.807) is 93.6 Å². The molecule has 13 heteroatoms. The number of alkyl carbamates (subject to hydrolysis) is 1. The molecule has 3 aromatic carbocycles. The topological polar surface area (TPSA) is 77.1 Å². The van der Waals surface area contributed by atoms with Crippen LogP contribution < -0.4 is 5.32 Å². The van der Waals surface area contributed by atoms with E-state index < -0.39 is 65.6 Å². The van der Waals surface area contributed by atoms with Crippen LogP contribution in [0.3, 0.4) is 0 Å². The molecule has 0 radical (unpaired) electrons. The van der Waals surface area contributed by atoms with Crippen molar-refractivity contribution in [3.05, 3.63) is 119 Å². The maximum atomic E-state index is 13.9. The van der Waals surface area contributed by atoms with Crippen molar-refractivity contribution in [2.75, 3.05) is 13.2 Å². The van der Waals surface area contributed by atoms with Crippen LogP contribution in [0.1, 0.15) is 61.6 Å². The largest absolute Gasteiger partial charge is 0.445 e. The second-order valence-electron chi connectivity index (χ2n) is 12.3. The molecule has 7 nitrogen and oxygen atoms in total. The average molecular weight is 679 g/mol. The Morgan fingerprint density at radius 2 is 1.46 bits per heavy atom. The molecule has 2 unspecified atom stereocenters. The molecule has 1 N–H and O–H groups in total. The van der Waals surface area contributed by atoms with Crippen LogP contribution in [0.15, 0.2) is 91.0 Å². The molecule has 3 atom stereocenters. The van der Waals surface area contributed by atoms with Gasteiger partial charge >= 0.3 is 24.5 Å². The molecule has 1 aliphatic heterocycles. The number of alkyl halides is 6. The minimum absolute atomic E-state index is 0.0494. The number of hydrogen-bond acceptors (Lipinski definition) is 5. The van der Waals surface area contributed by atoms with E-state index in [2.05, 4.69) is 5.32 Å². The quantitative estimate of drug-likeness (QED) is 0.190. The monoisotopic (exact) mass is 678 g/mol. The van der Waals surface area contributed by atoms with Crippen LogP contribution in [0, 0.1) is 0 Å². The summed E-state index contributed by atoms with van der Waals surface area (Å²) in [6, 6.07) is 17.9. The molecule has 48 heavy (non-hydrogen) atoms. The molecule has 0 aliphatic carbocycles. The van der Waals surface area contributed by atoms with Gasteiger partial charge in [-0.1, -0.05) is 72.8 Å². The Bertz CT molecular complexity index is 1560. The SMILES string of the molecule is C[C@@H](OCC1(c2ccccc2)C=CC(NC(=O)OC(C)(C)C)CN1C(=O)OCc1ccccc1)c1cc(C(F)(F)F)cc(C(F)(F)F)c1. The summed E-state index contributed by atoms with van der Waals surface area (Å²) in [7, 11) is 0. The normalized spacial score (nSPS) is 19.0. The third kappa shape index (κ3) is 9.30. The third-order valence-electron chi connectivity index (χ3n) is 7.50. The summed E-state index contributed by atoms with van der Waals surface area (Å²) < 4.78 is 98.7. The Morgan fingerprint density at radius 1 is 0.896 bits per heavy atom. The van der Waals surface area contributed by atoms with E-state index in [1.807, 2.05) is 0 Å². The van der Waals surface area contributed by atoms with E-state index in [1.165, 1.54) is 11.8 Å². The van der Waals surface area contributed by atoms with E-state index in [0.717, 1.165) is 0 Å². The summed E-state index contributed by atoms with van der Waals surface area (Å²) in [6.07, 6.45) is -9.68. The molecule has 0 saturated heterocycles. The van der Waals surface area contributed by atoms with Crippen molar-refractivity contribution in [1.82, 2.24) is 10.2 Å². The number of hydrogen-bond donors (Lipinski definition) is 1. The fraction of sp³-hybridized carbons (Fsp3) is 0.371. The van der Waals surface area contributed by atoms with Crippen molar-refractivity contribution >= 4 is 12.2 Å². The van der Waals surface area contributed by atoms with Crippen LogP contribution in [-0.2, 0) is 38.7 Å². The van der Waals surface area contributed by atoms with Gasteiger partial charge in [-0.05, 0) is 62.6 Å². The van der Waals surface area contributed by atoms with Gasteiger partial charge < -0.3 is 19.5 Å². The van der Waals surface area contributed by atoms with Gasteiger partial charge in [0, 0.05) is 6.54 Å². The Balaban J connectivity index is 1.72. The summed E-state index contributed by atoms with van der Waals surface area (Å²) in [6.45, 7) is 5.76. The first-order valence-electron chi connectivity index (χ1n) is 15.0. The van der Waals surface area contributed by atoms with Gasteiger partial charge in [-0.15, -0.1) is 0 Å². The van der Waals surface area contributed by atoms with Crippen LogP contribution in [0.2, 0.25) is 0 Å². The van der Waals surface area contributed by atoms with Crippen LogP contribution in [0.4, 0.5) is 35.9 Å². The van der Waals surface area contributed by atoms with Gasteiger partial charge in [0.1, 0.15) is 17.7 Å². The zero-order chi connectivity index (χ0) is 35.3. The lowest BCUT2D eigenvalue weighted by molar-refractivity contribution is -0.143. The lowest BCUT2D eigenvalue weighted by Crippen LogP contribution is -2.59. The molecule has 0 fully saturated rings. The Kier molecular flexibility index (Phi) is 10.8. The number of ether oxygens (including phenoxy) is 3. The molecule has 258 valence electrons. The lowest BCUT2D eigenvalue weighted by atomic mass is 9.84. The van der Waals surface area contributed by atoms with Gasteiger partial charge in [0.25, 0.3) is 0 Å². The highest BCUT2D eigenvalue weighted by Gasteiger charge is 2.45. The molecule has 0 bridgehead atoms. The molecule has 0 saturated carbocycles. The van der Waals surface area contributed by atoms with Gasteiger partial charge in [0.15, 0.2) is 0 Å².